The monoisotopic (exact) mass is 470 g/mol. The summed E-state index contributed by atoms with van der Waals surface area (Å²) in [6, 6.07) is 8.56. The molecule has 0 spiro atoms. The Bertz CT molecular complexity index is 1240. The molecular weight excluding hydrogens is 448 g/mol. The lowest BCUT2D eigenvalue weighted by atomic mass is 10.0. The Labute approximate surface area is 194 Å². The fraction of sp³-hybridized carbons (Fsp3) is 0.304. The minimum absolute atomic E-state index is 0.0574. The van der Waals surface area contributed by atoms with Crippen molar-refractivity contribution in [2.75, 3.05) is 13.1 Å². The first-order valence-corrected chi connectivity index (χ1v) is 11.6. The van der Waals surface area contributed by atoms with Gasteiger partial charge in [-0.1, -0.05) is 31.0 Å². The molecule has 1 N–H and O–H groups in total. The van der Waals surface area contributed by atoms with Crippen LogP contribution in [0, 0.1) is 0 Å². The van der Waals surface area contributed by atoms with Gasteiger partial charge in [0.2, 0.25) is 11.8 Å². The fourth-order valence-corrected chi connectivity index (χ4v) is 4.88. The zero-order valence-electron chi connectivity index (χ0n) is 17.6. The Kier molecular flexibility index (Phi) is 6.72. The first kappa shape index (κ1) is 22.2. The molecule has 1 atom stereocenters. The average Bonchev–Trinajstić information content (AvgIpc) is 3.20. The third-order valence-corrected chi connectivity index (χ3v) is 6.69. The smallest absolute Gasteiger partial charge is 0.258 e. The normalized spacial score (nSPS) is 16.9. The number of aromatic nitrogens is 2. The second-order valence-corrected chi connectivity index (χ2v) is 9.40. The number of nitrogens with one attached hydrogen (secondary N) is 1. The van der Waals surface area contributed by atoms with Crippen molar-refractivity contribution in [3.63, 3.8) is 0 Å². The average molecular weight is 471 g/mol. The van der Waals surface area contributed by atoms with E-state index in [4.69, 9.17) is 11.6 Å². The van der Waals surface area contributed by atoms with Crippen molar-refractivity contribution in [1.82, 2.24) is 19.8 Å². The maximum Gasteiger partial charge on any atom is 0.258 e. The van der Waals surface area contributed by atoms with Crippen LogP contribution >= 0.6 is 22.9 Å². The number of H-pyrrole nitrogens is 1. The van der Waals surface area contributed by atoms with Gasteiger partial charge in [0.25, 0.3) is 5.56 Å². The number of amides is 2. The second kappa shape index (κ2) is 9.67. The number of nitrogens with zero attached hydrogens (tertiary/aromatic N) is 3. The molecule has 9 heteroatoms. The summed E-state index contributed by atoms with van der Waals surface area (Å²) >= 11 is 7.35. The molecule has 2 amide bonds. The number of fused-ring (bicyclic) bond motifs is 1. The molecular formula is C23H23ClN4O3S. The zero-order valence-corrected chi connectivity index (χ0v) is 19.2. The van der Waals surface area contributed by atoms with Crippen LogP contribution < -0.4 is 5.56 Å². The van der Waals surface area contributed by atoms with Crippen LogP contribution in [0.1, 0.15) is 30.2 Å². The Hall–Kier alpha value is -2.97. The molecule has 1 aliphatic rings. The summed E-state index contributed by atoms with van der Waals surface area (Å²) in [5.41, 5.74) is 1.30. The summed E-state index contributed by atoms with van der Waals surface area (Å²) in [4.78, 5) is 49.1. The number of benzene rings is 1. The highest BCUT2D eigenvalue weighted by Gasteiger charge is 2.36. The van der Waals surface area contributed by atoms with Gasteiger partial charge in [0.05, 0.1) is 21.6 Å². The minimum atomic E-state index is -0.487. The Morgan fingerprint density at radius 1 is 1.28 bits per heavy atom. The predicted octanol–water partition coefficient (Wildman–Crippen LogP) is 3.69. The van der Waals surface area contributed by atoms with Crippen LogP contribution in [-0.4, -0.2) is 50.7 Å². The maximum absolute atomic E-state index is 13.3. The van der Waals surface area contributed by atoms with Crippen LogP contribution in [0.5, 0.6) is 0 Å². The highest BCUT2D eigenvalue weighted by molar-refractivity contribution is 7.17. The minimum Gasteiger partial charge on any atom is -0.335 e. The van der Waals surface area contributed by atoms with Crippen LogP contribution in [0.2, 0.25) is 4.34 Å². The molecule has 0 saturated carbocycles. The van der Waals surface area contributed by atoms with Crippen molar-refractivity contribution in [1.29, 1.82) is 0 Å². The molecule has 1 saturated heterocycles. The van der Waals surface area contributed by atoms with Gasteiger partial charge in [-0.25, -0.2) is 4.98 Å². The van der Waals surface area contributed by atoms with Gasteiger partial charge in [0.15, 0.2) is 0 Å². The van der Waals surface area contributed by atoms with E-state index in [1.54, 1.807) is 28.0 Å². The SMILES string of the molecule is CCC[C@H]1C(=O)N(Cc2ccc3c(=O)[nH]cnc3c2)CCN1C(=O)C=Cc1ccc(Cl)s1. The topological polar surface area (TPSA) is 86.4 Å². The van der Waals surface area contributed by atoms with Crippen molar-refractivity contribution in [2.45, 2.75) is 32.4 Å². The maximum atomic E-state index is 13.3. The van der Waals surface area contributed by atoms with Gasteiger partial charge in [-0.15, -0.1) is 11.3 Å². The van der Waals surface area contributed by atoms with E-state index >= 15 is 0 Å². The van der Waals surface area contributed by atoms with Gasteiger partial charge in [-0.2, -0.15) is 0 Å². The first-order chi connectivity index (χ1) is 15.5. The number of carbonyl (C=O) groups excluding carboxylic acids is 2. The Balaban J connectivity index is 1.49. The van der Waals surface area contributed by atoms with Crippen LogP contribution in [-0.2, 0) is 16.1 Å². The quantitative estimate of drug-likeness (QED) is 0.556. The zero-order chi connectivity index (χ0) is 22.7. The summed E-state index contributed by atoms with van der Waals surface area (Å²) in [5, 5.41) is 0.515. The molecule has 7 nitrogen and oxygen atoms in total. The van der Waals surface area contributed by atoms with Crippen molar-refractivity contribution in [3.05, 3.63) is 67.9 Å². The van der Waals surface area contributed by atoms with Crippen molar-refractivity contribution >= 4 is 51.7 Å². The molecule has 0 aliphatic carbocycles. The van der Waals surface area contributed by atoms with Crippen LogP contribution in [0.4, 0.5) is 0 Å². The third-order valence-electron chi connectivity index (χ3n) is 5.49. The van der Waals surface area contributed by atoms with Gasteiger partial charge in [-0.3, -0.25) is 14.4 Å². The lowest BCUT2D eigenvalue weighted by molar-refractivity contribution is -0.150. The van der Waals surface area contributed by atoms with Gasteiger partial charge in [-0.05, 0) is 42.3 Å². The standard InChI is InChI=1S/C23H23ClN4O3S/c1-2-3-19-23(31)27(13-15-4-7-17-18(12-15)25-14-26-22(17)30)10-11-28(19)21(29)9-6-16-5-8-20(24)32-16/h4-9,12,14,19H,2-3,10-11,13H2,1H3,(H,25,26,30)/t19-/m0/s1. The van der Waals surface area contributed by atoms with Crippen molar-refractivity contribution in [3.8, 4) is 0 Å². The first-order valence-electron chi connectivity index (χ1n) is 10.5. The fourth-order valence-electron chi connectivity index (χ4n) is 3.91. The molecule has 1 fully saturated rings. The number of aromatic amines is 1. The third kappa shape index (κ3) is 4.76. The van der Waals surface area contributed by atoms with E-state index in [2.05, 4.69) is 9.97 Å². The number of hydrogen-bond donors (Lipinski definition) is 1. The number of carbonyl (C=O) groups is 2. The van der Waals surface area contributed by atoms with Crippen LogP contribution in [0.3, 0.4) is 0 Å². The Morgan fingerprint density at radius 2 is 2.12 bits per heavy atom. The van der Waals surface area contributed by atoms with E-state index in [1.165, 1.54) is 23.7 Å². The van der Waals surface area contributed by atoms with Crippen molar-refractivity contribution in [2.24, 2.45) is 0 Å². The number of rotatable bonds is 6. The molecule has 3 heterocycles. The number of hydrogen-bond acceptors (Lipinski definition) is 5. The van der Waals surface area contributed by atoms with Gasteiger partial charge < -0.3 is 14.8 Å². The molecule has 0 unspecified atom stereocenters. The number of thiophene rings is 1. The van der Waals surface area contributed by atoms with Gasteiger partial charge in [0, 0.05) is 30.6 Å². The molecule has 4 rings (SSSR count). The second-order valence-electron chi connectivity index (χ2n) is 7.65. The van der Waals surface area contributed by atoms with Crippen LogP contribution in [0.25, 0.3) is 17.0 Å². The Morgan fingerprint density at radius 3 is 2.88 bits per heavy atom. The summed E-state index contributed by atoms with van der Waals surface area (Å²) < 4.78 is 0.665. The van der Waals surface area contributed by atoms with E-state index in [9.17, 15) is 14.4 Å². The van der Waals surface area contributed by atoms with E-state index in [-0.39, 0.29) is 17.4 Å². The molecule has 2 aromatic heterocycles. The number of piperazine rings is 1. The highest BCUT2D eigenvalue weighted by Crippen LogP contribution is 2.24. The van der Waals surface area contributed by atoms with Gasteiger partial charge >= 0.3 is 0 Å². The van der Waals surface area contributed by atoms with Crippen LogP contribution in [0.15, 0.2) is 47.5 Å². The highest BCUT2D eigenvalue weighted by atomic mass is 35.5. The van der Waals surface area contributed by atoms with Crippen molar-refractivity contribution < 1.29 is 9.59 Å². The van der Waals surface area contributed by atoms with E-state index < -0.39 is 6.04 Å². The molecule has 1 aliphatic heterocycles. The molecule has 1 aromatic carbocycles. The molecule has 3 aromatic rings. The summed E-state index contributed by atoms with van der Waals surface area (Å²) in [5.74, 6) is -0.229. The molecule has 0 bridgehead atoms. The largest absolute Gasteiger partial charge is 0.335 e. The summed E-state index contributed by atoms with van der Waals surface area (Å²) in [6.07, 6.45) is 6.02. The lowest BCUT2D eigenvalue weighted by Crippen LogP contribution is -2.58. The summed E-state index contributed by atoms with van der Waals surface area (Å²) in [7, 11) is 0. The molecule has 166 valence electrons. The molecule has 0 radical (unpaired) electrons. The number of halogens is 1. The predicted molar refractivity (Wildman–Crippen MR) is 127 cm³/mol. The van der Waals surface area contributed by atoms with E-state index in [1.807, 2.05) is 25.1 Å². The lowest BCUT2D eigenvalue weighted by Gasteiger charge is -2.40. The van der Waals surface area contributed by atoms with E-state index in [0.29, 0.717) is 41.3 Å². The molecule has 32 heavy (non-hydrogen) atoms. The summed E-state index contributed by atoms with van der Waals surface area (Å²) in [6.45, 7) is 3.33. The van der Waals surface area contributed by atoms with Gasteiger partial charge in [0.1, 0.15) is 6.04 Å². The van der Waals surface area contributed by atoms with E-state index in [0.717, 1.165) is 16.9 Å².